The summed E-state index contributed by atoms with van der Waals surface area (Å²) in [6.45, 7) is 21.6. The van der Waals surface area contributed by atoms with Crippen LogP contribution in [0.5, 0.6) is 0 Å². The summed E-state index contributed by atoms with van der Waals surface area (Å²) < 4.78 is 6.95. The SMILES string of the molecule is CC(=O)CC[C@@H](C)[C@H]1CC[C@H]2[C@@H]3CCC4C[C@H](O[Si](C)(C)C(C)(C)C)CC[C@]4(C)[C@H]3CC[C@]12C. The third-order valence-electron chi connectivity index (χ3n) is 12.6. The molecule has 0 aromatic carbocycles. The van der Waals surface area contributed by atoms with Gasteiger partial charge in [-0.25, -0.2) is 0 Å². The van der Waals surface area contributed by atoms with Crippen molar-refractivity contribution in [3.63, 3.8) is 0 Å². The zero-order chi connectivity index (χ0) is 25.1. The van der Waals surface area contributed by atoms with Gasteiger partial charge in [-0.1, -0.05) is 41.5 Å². The molecule has 1 unspecified atom stereocenters. The molecule has 0 amide bonds. The normalized spacial score (nSPS) is 43.6. The Kier molecular flexibility index (Phi) is 7.36. The molecule has 0 radical (unpaired) electrons. The fraction of sp³-hybridized carbons (Fsp3) is 0.968. The van der Waals surface area contributed by atoms with Gasteiger partial charge in [-0.15, -0.1) is 0 Å². The third kappa shape index (κ3) is 4.64. The van der Waals surface area contributed by atoms with Crippen molar-refractivity contribution in [2.45, 2.75) is 143 Å². The summed E-state index contributed by atoms with van der Waals surface area (Å²) in [4.78, 5) is 11.6. The zero-order valence-corrected chi connectivity index (χ0v) is 25.1. The molecule has 2 nitrogen and oxygen atoms in total. The van der Waals surface area contributed by atoms with E-state index in [1.165, 1.54) is 57.8 Å². The molecule has 0 saturated heterocycles. The minimum atomic E-state index is -1.69. The average Bonchev–Trinajstić information content (AvgIpc) is 3.08. The highest BCUT2D eigenvalue weighted by Gasteiger charge is 2.60. The Morgan fingerprint density at radius 3 is 2.26 bits per heavy atom. The molecule has 0 aromatic rings. The van der Waals surface area contributed by atoms with Crippen LogP contribution >= 0.6 is 0 Å². The molecule has 0 aromatic heterocycles. The lowest BCUT2D eigenvalue weighted by Gasteiger charge is -2.61. The first-order chi connectivity index (χ1) is 15.7. The van der Waals surface area contributed by atoms with Crippen molar-refractivity contribution in [2.75, 3.05) is 0 Å². The maximum absolute atomic E-state index is 11.6. The summed E-state index contributed by atoms with van der Waals surface area (Å²) in [7, 11) is -1.69. The zero-order valence-electron chi connectivity index (χ0n) is 24.1. The molecular formula is C31H56O2Si. The van der Waals surface area contributed by atoms with E-state index in [-0.39, 0.29) is 0 Å². The summed E-state index contributed by atoms with van der Waals surface area (Å²) in [5.74, 6) is 5.58. The molecule has 9 atom stereocenters. The van der Waals surface area contributed by atoms with E-state index in [1.807, 2.05) is 0 Å². The fourth-order valence-electron chi connectivity index (χ4n) is 9.53. The van der Waals surface area contributed by atoms with Crippen LogP contribution in [0.15, 0.2) is 0 Å². The minimum Gasteiger partial charge on any atom is -0.414 e. The molecule has 0 heterocycles. The van der Waals surface area contributed by atoms with Gasteiger partial charge in [-0.2, -0.15) is 0 Å². The highest BCUT2D eigenvalue weighted by atomic mass is 28.4. The van der Waals surface area contributed by atoms with Gasteiger partial charge in [0.05, 0.1) is 0 Å². The lowest BCUT2D eigenvalue weighted by Crippen LogP contribution is -2.55. The maximum atomic E-state index is 11.6. The van der Waals surface area contributed by atoms with Crippen molar-refractivity contribution in [1.82, 2.24) is 0 Å². The second-order valence-electron chi connectivity index (χ2n) is 15.4. The second kappa shape index (κ2) is 9.30. The number of fused-ring (bicyclic) bond motifs is 5. The predicted molar refractivity (Wildman–Crippen MR) is 146 cm³/mol. The molecule has 0 N–H and O–H groups in total. The monoisotopic (exact) mass is 488 g/mol. The van der Waals surface area contributed by atoms with Gasteiger partial charge >= 0.3 is 0 Å². The number of carbonyl (C=O) groups is 1. The van der Waals surface area contributed by atoms with Crippen LogP contribution in [0.1, 0.15) is 119 Å². The van der Waals surface area contributed by atoms with Crippen LogP contribution in [0.25, 0.3) is 0 Å². The number of Topliss-reactive ketones (excluding diaryl/α,β-unsaturated/α-hetero) is 1. The van der Waals surface area contributed by atoms with E-state index in [9.17, 15) is 4.79 Å². The Balaban J connectivity index is 1.44. The number of rotatable bonds is 6. The Morgan fingerprint density at radius 1 is 0.971 bits per heavy atom. The maximum Gasteiger partial charge on any atom is 0.192 e. The molecular weight excluding hydrogens is 432 g/mol. The molecule has 4 aliphatic carbocycles. The molecule has 4 rings (SSSR count). The van der Waals surface area contributed by atoms with Crippen molar-refractivity contribution >= 4 is 14.1 Å². The number of ketones is 1. The highest BCUT2D eigenvalue weighted by Crippen LogP contribution is 2.68. The van der Waals surface area contributed by atoms with Gasteiger partial charge in [0.2, 0.25) is 0 Å². The number of hydrogen-bond acceptors (Lipinski definition) is 2. The van der Waals surface area contributed by atoms with Crippen LogP contribution in [0.2, 0.25) is 18.1 Å². The number of carbonyl (C=O) groups excluding carboxylic acids is 1. The van der Waals surface area contributed by atoms with E-state index in [2.05, 4.69) is 54.6 Å². The van der Waals surface area contributed by atoms with Crippen LogP contribution in [0, 0.1) is 46.3 Å². The molecule has 0 spiro atoms. The van der Waals surface area contributed by atoms with E-state index >= 15 is 0 Å². The Bertz CT molecular complexity index is 753. The van der Waals surface area contributed by atoms with Crippen LogP contribution < -0.4 is 0 Å². The van der Waals surface area contributed by atoms with Crippen molar-refractivity contribution in [2.24, 2.45) is 46.3 Å². The lowest BCUT2D eigenvalue weighted by atomic mass is 9.44. The topological polar surface area (TPSA) is 26.3 Å². The number of hydrogen-bond donors (Lipinski definition) is 0. The summed E-state index contributed by atoms with van der Waals surface area (Å²) >= 11 is 0. The van der Waals surface area contributed by atoms with Gasteiger partial charge in [-0.3, -0.25) is 0 Å². The van der Waals surface area contributed by atoms with Crippen molar-refractivity contribution < 1.29 is 9.22 Å². The van der Waals surface area contributed by atoms with Gasteiger partial charge in [-0.05, 0) is 136 Å². The summed E-state index contributed by atoms with van der Waals surface area (Å²) in [6.07, 6.45) is 15.0. The lowest BCUT2D eigenvalue weighted by molar-refractivity contribution is -0.128. The second-order valence-corrected chi connectivity index (χ2v) is 20.1. The van der Waals surface area contributed by atoms with Gasteiger partial charge in [0.1, 0.15) is 5.78 Å². The first-order valence-electron chi connectivity index (χ1n) is 14.9. The smallest absolute Gasteiger partial charge is 0.192 e. The van der Waals surface area contributed by atoms with Crippen molar-refractivity contribution in [3.8, 4) is 0 Å². The standard InChI is InChI=1S/C31H56O2Si/c1-21(10-11-22(2)32)26-14-15-27-25-13-12-23-20-24(33-34(8,9)29(3,4)5)16-18-30(23,6)28(25)17-19-31(26,27)7/h21,23-28H,10-20H2,1-9H3/t21-,23?,24-,25+,26-,27+,28+,30+,31-/m1/s1. The average molecular weight is 489 g/mol. The third-order valence-corrected chi connectivity index (χ3v) is 17.1. The molecule has 34 heavy (non-hydrogen) atoms. The fourth-order valence-corrected chi connectivity index (χ4v) is 10.9. The van der Waals surface area contributed by atoms with Crippen LogP contribution in [-0.4, -0.2) is 20.2 Å². The van der Waals surface area contributed by atoms with Crippen LogP contribution in [-0.2, 0) is 9.22 Å². The van der Waals surface area contributed by atoms with Crippen LogP contribution in [0.3, 0.4) is 0 Å². The van der Waals surface area contributed by atoms with Gasteiger partial charge in [0.25, 0.3) is 0 Å². The van der Waals surface area contributed by atoms with Crippen molar-refractivity contribution in [3.05, 3.63) is 0 Å². The highest BCUT2D eigenvalue weighted by molar-refractivity contribution is 6.74. The Morgan fingerprint density at radius 2 is 1.62 bits per heavy atom. The molecule has 196 valence electrons. The largest absolute Gasteiger partial charge is 0.414 e. The van der Waals surface area contributed by atoms with Gasteiger partial charge in [0, 0.05) is 12.5 Å². The summed E-state index contributed by atoms with van der Waals surface area (Å²) in [6, 6.07) is 0. The first kappa shape index (κ1) is 26.9. The molecule has 3 heteroatoms. The Labute approximate surface area is 212 Å². The van der Waals surface area contributed by atoms with E-state index in [0.717, 1.165) is 42.4 Å². The molecule has 4 aliphatic rings. The molecule has 0 bridgehead atoms. The van der Waals surface area contributed by atoms with E-state index < -0.39 is 8.32 Å². The van der Waals surface area contributed by atoms with E-state index in [1.54, 1.807) is 6.92 Å². The Hall–Kier alpha value is -0.153. The predicted octanol–water partition coefficient (Wildman–Crippen LogP) is 9.04. The van der Waals surface area contributed by atoms with Crippen molar-refractivity contribution in [1.29, 1.82) is 0 Å². The van der Waals surface area contributed by atoms with Gasteiger partial charge in [0.15, 0.2) is 8.32 Å². The molecule has 4 saturated carbocycles. The van der Waals surface area contributed by atoms with E-state index in [0.29, 0.717) is 33.7 Å². The first-order valence-corrected chi connectivity index (χ1v) is 17.8. The summed E-state index contributed by atoms with van der Waals surface area (Å²) in [5.41, 5.74) is 1.05. The molecule has 0 aliphatic heterocycles. The van der Waals surface area contributed by atoms with Crippen LogP contribution in [0.4, 0.5) is 0 Å². The minimum absolute atomic E-state index is 0.305. The molecule has 4 fully saturated rings. The quantitative estimate of drug-likeness (QED) is 0.348. The van der Waals surface area contributed by atoms with E-state index in [4.69, 9.17) is 4.43 Å². The van der Waals surface area contributed by atoms with Gasteiger partial charge < -0.3 is 9.22 Å². The summed E-state index contributed by atoms with van der Waals surface area (Å²) in [5, 5.41) is 0.305.